The van der Waals surface area contributed by atoms with Gasteiger partial charge in [0.15, 0.2) is 5.54 Å². The summed E-state index contributed by atoms with van der Waals surface area (Å²) in [7, 11) is 0. The molecule has 0 N–H and O–H groups in total. The molecule has 11 aromatic rings. The largest absolute Gasteiger partial charge is 0.206 e. The third kappa shape index (κ3) is 11.3. The van der Waals surface area contributed by atoms with Crippen LogP contribution < -0.4 is 2.89 Å². The van der Waals surface area contributed by atoms with Crippen molar-refractivity contribution in [2.75, 3.05) is 0 Å². The molecule has 0 amide bonds. The Kier molecular flexibility index (Phi) is 18.1. The average molecular weight is 1170 g/mol. The molecule has 8 nitrogen and oxygen atoms in total. The quantitative estimate of drug-likeness (QED) is 0.0496. The van der Waals surface area contributed by atoms with Crippen LogP contribution in [0.2, 0.25) is 13.3 Å². The van der Waals surface area contributed by atoms with Gasteiger partial charge >= 0.3 is 261 Å². The summed E-state index contributed by atoms with van der Waals surface area (Å²) < 4.78 is 5.93. The number of thiophene rings is 2. The number of nitrogens with zero attached hydrogens (tertiary/aromatic N) is 8. The van der Waals surface area contributed by atoms with E-state index in [-0.39, 0.29) is 0 Å². The minimum Gasteiger partial charge on any atom is -0.148 e. The fourth-order valence-electron chi connectivity index (χ4n) is 11.3. The standard InChI is InChI=1S/C31H24N4S.C24H17N4S.3C4H9.Sn/c1-5-13-24(14-6-1)23-29-28(21-22-36-29)30-32-34-35(33-30)31(25-15-7-2-8-16-25,26-17-9-3-10-18-26)27-19-11-4-12-20-27;1-4-10-20(11-5-1)24(21-12-6-2-7-13-21,22-14-8-3-9-15-22)28-26-23(25-27-28)19-16-17-29-18-19;3*1-3-4-2;/h1-22H,23H2;1-17H;3*1,3-4H2,2H3;. The van der Waals surface area contributed by atoms with Crippen molar-refractivity contribution in [3.05, 3.63) is 279 Å². The second-order valence-corrected chi connectivity index (χ2v) is 36.1. The molecule has 0 unspecified atom stereocenters. The molecule has 0 aliphatic heterocycles. The Labute approximate surface area is 472 Å². The van der Waals surface area contributed by atoms with Crippen molar-refractivity contribution < 1.29 is 0 Å². The van der Waals surface area contributed by atoms with Gasteiger partial charge in [0.2, 0.25) is 5.82 Å². The number of hydrogen-bond acceptors (Lipinski definition) is 8. The van der Waals surface area contributed by atoms with Crippen LogP contribution in [0.5, 0.6) is 0 Å². The molecule has 0 saturated heterocycles. The Bertz CT molecular complexity index is 3300. The van der Waals surface area contributed by atoms with Gasteiger partial charge in [-0.1, -0.05) is 121 Å². The first kappa shape index (κ1) is 54.2. The summed E-state index contributed by atoms with van der Waals surface area (Å²) in [5.41, 5.74) is 8.55. The molecule has 78 heavy (non-hydrogen) atoms. The molecule has 0 bridgehead atoms. The number of unbranched alkanes of at least 4 members (excludes halogenated alkanes) is 3. The Morgan fingerprint density at radius 2 is 0.705 bits per heavy atom. The maximum Gasteiger partial charge on any atom is 0.206 e. The third-order valence-corrected chi connectivity index (χ3v) is 35.5. The van der Waals surface area contributed by atoms with E-state index in [0.717, 1.165) is 51.2 Å². The zero-order valence-electron chi connectivity index (χ0n) is 45.0. The van der Waals surface area contributed by atoms with Crippen molar-refractivity contribution in [2.45, 2.75) is 90.1 Å². The summed E-state index contributed by atoms with van der Waals surface area (Å²) in [6.45, 7) is 7.03. The minimum absolute atomic E-state index is 0.634. The normalized spacial score (nSPS) is 11.8. The molecule has 0 spiro atoms. The van der Waals surface area contributed by atoms with Crippen LogP contribution in [0, 0.1) is 0 Å². The van der Waals surface area contributed by atoms with Gasteiger partial charge in [-0.15, -0.1) is 26.3 Å². The number of aromatic nitrogens is 8. The van der Waals surface area contributed by atoms with Crippen LogP contribution in [-0.4, -0.2) is 58.8 Å². The van der Waals surface area contributed by atoms with Gasteiger partial charge in [0.25, 0.3) is 0 Å². The SMILES string of the molecule is CCC[CH2][Sn]([CH2]CCC)([CH2]CCC)[c]1sccc1-c1nnn(C(c2ccccc2)(c2ccccc2)c2ccccc2)n1.c1ccc(Cc2sccc2-c2nnn(C(c3ccccc3)(c3ccccc3)c3ccccc3)n2)cc1. The van der Waals surface area contributed by atoms with Crippen LogP contribution >= 0.6 is 22.7 Å². The van der Waals surface area contributed by atoms with Crippen LogP contribution in [0.15, 0.2) is 235 Å². The second-order valence-electron chi connectivity index (χ2n) is 20.1. The van der Waals surface area contributed by atoms with Gasteiger partial charge in [-0.05, 0) is 38.9 Å². The molecule has 4 aromatic heterocycles. The topological polar surface area (TPSA) is 87.2 Å². The summed E-state index contributed by atoms with van der Waals surface area (Å²) in [5.74, 6) is 1.40. The fourth-order valence-corrected chi connectivity index (χ4v) is 33.0. The van der Waals surface area contributed by atoms with Gasteiger partial charge in [-0.25, -0.2) is 0 Å². The van der Waals surface area contributed by atoms with Crippen LogP contribution in [-0.2, 0) is 17.5 Å². The fraction of sp³-hybridized carbons (Fsp3) is 0.224. The summed E-state index contributed by atoms with van der Waals surface area (Å²) in [6, 6.07) is 78.0. The van der Waals surface area contributed by atoms with E-state index in [0.29, 0.717) is 5.82 Å². The van der Waals surface area contributed by atoms with Crippen LogP contribution in [0.1, 0.15) is 103 Å². The van der Waals surface area contributed by atoms with E-state index in [1.807, 2.05) is 40.4 Å². The Balaban J connectivity index is 0.000000178. The van der Waals surface area contributed by atoms with Gasteiger partial charge in [-0.3, -0.25) is 0 Å². The zero-order valence-corrected chi connectivity index (χ0v) is 49.5. The monoisotopic (exact) mass is 1170 g/mol. The van der Waals surface area contributed by atoms with Crippen molar-refractivity contribution in [3.8, 4) is 22.8 Å². The number of tetrazole rings is 2. The molecule has 0 saturated carbocycles. The van der Waals surface area contributed by atoms with Crippen LogP contribution in [0.25, 0.3) is 22.8 Å². The average Bonchev–Trinajstić information content (AvgIpc) is 4.49. The van der Waals surface area contributed by atoms with Crippen molar-refractivity contribution >= 4 is 43.9 Å². The van der Waals surface area contributed by atoms with Gasteiger partial charge in [-0.2, -0.15) is 0 Å². The molecule has 11 heteroatoms. The molecule has 0 fully saturated rings. The van der Waals surface area contributed by atoms with Gasteiger partial charge < -0.3 is 0 Å². The van der Waals surface area contributed by atoms with Crippen molar-refractivity contribution in [1.82, 2.24) is 40.4 Å². The molecule has 0 radical (unpaired) electrons. The molecule has 11 rings (SSSR count). The van der Waals surface area contributed by atoms with E-state index in [4.69, 9.17) is 20.5 Å². The van der Waals surface area contributed by atoms with Gasteiger partial charge in [0.1, 0.15) is 0 Å². The Hall–Kier alpha value is -7.12. The zero-order chi connectivity index (χ0) is 53.5. The molecule has 0 atom stereocenters. The summed E-state index contributed by atoms with van der Waals surface area (Å²) in [5, 5.41) is 33.8. The van der Waals surface area contributed by atoms with E-state index < -0.39 is 29.5 Å². The summed E-state index contributed by atoms with van der Waals surface area (Å²) in [6.07, 6.45) is 8.63. The maximum absolute atomic E-state index is 5.30. The van der Waals surface area contributed by atoms with E-state index in [1.165, 1.54) is 67.8 Å². The molecular formula is C67H68N8S2Sn. The molecule has 4 heterocycles. The van der Waals surface area contributed by atoms with E-state index in [2.05, 4.69) is 242 Å². The molecule has 0 aliphatic rings. The molecule has 7 aromatic carbocycles. The minimum atomic E-state index is -2.71. The maximum atomic E-state index is 5.30. The third-order valence-electron chi connectivity index (χ3n) is 15.2. The Morgan fingerprint density at radius 3 is 1.06 bits per heavy atom. The Morgan fingerprint density at radius 1 is 0.385 bits per heavy atom. The molecule has 392 valence electrons. The van der Waals surface area contributed by atoms with E-state index in [9.17, 15) is 0 Å². The number of rotatable bonds is 22. The van der Waals surface area contributed by atoms with E-state index in [1.54, 1.807) is 19.0 Å². The van der Waals surface area contributed by atoms with Crippen LogP contribution in [0.4, 0.5) is 0 Å². The molecule has 0 aliphatic carbocycles. The van der Waals surface area contributed by atoms with E-state index >= 15 is 0 Å². The first-order chi connectivity index (χ1) is 38.5. The first-order valence-electron chi connectivity index (χ1n) is 27.7. The van der Waals surface area contributed by atoms with Crippen molar-refractivity contribution in [1.29, 1.82) is 0 Å². The van der Waals surface area contributed by atoms with Crippen molar-refractivity contribution in [3.63, 3.8) is 0 Å². The predicted molar refractivity (Wildman–Crippen MR) is 325 cm³/mol. The summed E-state index contributed by atoms with van der Waals surface area (Å²) in [4.78, 5) is 4.89. The smallest absolute Gasteiger partial charge is 0.148 e. The number of hydrogen-bond donors (Lipinski definition) is 0. The van der Waals surface area contributed by atoms with Crippen LogP contribution in [0.3, 0.4) is 0 Å². The van der Waals surface area contributed by atoms with Gasteiger partial charge in [0.05, 0.1) is 0 Å². The molecular weight excluding hydrogens is 1100 g/mol. The number of benzene rings is 7. The van der Waals surface area contributed by atoms with Gasteiger partial charge in [0, 0.05) is 16.9 Å². The van der Waals surface area contributed by atoms with Crippen molar-refractivity contribution in [2.24, 2.45) is 0 Å². The summed E-state index contributed by atoms with van der Waals surface area (Å²) >= 11 is 1.01. The first-order valence-corrected chi connectivity index (χ1v) is 36.9. The predicted octanol–water partition coefficient (Wildman–Crippen LogP) is 16.1. The second kappa shape index (κ2) is 26.0.